The number of sulfonamides is 1. The highest BCUT2D eigenvalue weighted by molar-refractivity contribution is 7.95. The second-order valence-corrected chi connectivity index (χ2v) is 10.8. The summed E-state index contributed by atoms with van der Waals surface area (Å²) in [7, 11) is -6.68. The Morgan fingerprint density at radius 1 is 1.05 bits per heavy atom. The van der Waals surface area contributed by atoms with E-state index in [1.807, 2.05) is 0 Å². The van der Waals surface area contributed by atoms with E-state index in [4.69, 9.17) is 0 Å². The van der Waals surface area contributed by atoms with Crippen molar-refractivity contribution in [2.45, 2.75) is 55.9 Å². The molecule has 21 heavy (non-hydrogen) atoms. The number of rotatable bonds is 3. The van der Waals surface area contributed by atoms with Gasteiger partial charge < -0.3 is 5.32 Å². The standard InChI is InChI=1S/C13H24N2O4S2/c16-20(17)9-6-11(10-20)21(18,19)15-8-2-1-5-13(15)12-4-3-7-14-12/h11-14H,1-10H2. The van der Waals surface area contributed by atoms with E-state index in [9.17, 15) is 16.8 Å². The zero-order chi connectivity index (χ0) is 15.1. The summed E-state index contributed by atoms with van der Waals surface area (Å²) in [6.07, 6.45) is 5.18. The van der Waals surface area contributed by atoms with Crippen LogP contribution in [-0.2, 0) is 19.9 Å². The molecule has 3 atom stereocenters. The van der Waals surface area contributed by atoms with Crippen LogP contribution in [0.5, 0.6) is 0 Å². The maximum absolute atomic E-state index is 12.9. The van der Waals surface area contributed by atoms with Gasteiger partial charge in [0.2, 0.25) is 10.0 Å². The largest absolute Gasteiger partial charge is 0.312 e. The monoisotopic (exact) mass is 336 g/mol. The van der Waals surface area contributed by atoms with Crippen molar-refractivity contribution in [2.75, 3.05) is 24.6 Å². The first-order valence-corrected chi connectivity index (χ1v) is 11.2. The molecule has 0 spiro atoms. The van der Waals surface area contributed by atoms with E-state index in [1.165, 1.54) is 0 Å². The van der Waals surface area contributed by atoms with Gasteiger partial charge in [-0.15, -0.1) is 0 Å². The number of piperidine rings is 1. The molecule has 3 saturated heterocycles. The summed E-state index contributed by atoms with van der Waals surface area (Å²) >= 11 is 0. The molecule has 0 aliphatic carbocycles. The third-order valence-corrected chi connectivity index (χ3v) is 9.33. The van der Waals surface area contributed by atoms with Crippen LogP contribution in [0.3, 0.4) is 0 Å². The number of hydrogen-bond acceptors (Lipinski definition) is 5. The Bertz CT molecular complexity index is 581. The van der Waals surface area contributed by atoms with E-state index in [0.717, 1.165) is 38.6 Å². The molecule has 8 heteroatoms. The van der Waals surface area contributed by atoms with Crippen LogP contribution < -0.4 is 5.32 Å². The molecule has 6 nitrogen and oxygen atoms in total. The molecule has 1 N–H and O–H groups in total. The van der Waals surface area contributed by atoms with Crippen LogP contribution in [0.4, 0.5) is 0 Å². The molecular formula is C13H24N2O4S2. The van der Waals surface area contributed by atoms with Crippen molar-refractivity contribution in [3.8, 4) is 0 Å². The lowest BCUT2D eigenvalue weighted by atomic mass is 9.97. The van der Waals surface area contributed by atoms with Gasteiger partial charge in [0.1, 0.15) is 0 Å². The minimum atomic E-state index is -3.51. The van der Waals surface area contributed by atoms with Gasteiger partial charge in [0, 0.05) is 18.6 Å². The summed E-state index contributed by atoms with van der Waals surface area (Å²) in [5.41, 5.74) is 0. The van der Waals surface area contributed by atoms with Gasteiger partial charge in [-0.2, -0.15) is 4.31 Å². The fourth-order valence-corrected chi connectivity index (χ4v) is 8.69. The topological polar surface area (TPSA) is 83.5 Å². The molecule has 3 rings (SSSR count). The lowest BCUT2D eigenvalue weighted by Crippen LogP contribution is -2.54. The quantitative estimate of drug-likeness (QED) is 0.791. The van der Waals surface area contributed by atoms with Crippen LogP contribution in [0.1, 0.15) is 38.5 Å². The minimum absolute atomic E-state index is 0.00885. The van der Waals surface area contributed by atoms with Crippen LogP contribution in [0.2, 0.25) is 0 Å². The van der Waals surface area contributed by atoms with Gasteiger partial charge in [-0.1, -0.05) is 6.42 Å². The first-order valence-electron chi connectivity index (χ1n) is 7.85. The highest BCUT2D eigenvalue weighted by Crippen LogP contribution is 2.31. The number of nitrogens with zero attached hydrogens (tertiary/aromatic N) is 1. The maximum Gasteiger partial charge on any atom is 0.218 e. The molecule has 0 aromatic heterocycles. The van der Waals surface area contributed by atoms with E-state index in [-0.39, 0.29) is 30.0 Å². The summed E-state index contributed by atoms with van der Waals surface area (Å²) in [6.45, 7) is 1.49. The Morgan fingerprint density at radius 3 is 2.48 bits per heavy atom. The zero-order valence-electron chi connectivity index (χ0n) is 12.2. The zero-order valence-corrected chi connectivity index (χ0v) is 13.8. The highest BCUT2D eigenvalue weighted by Gasteiger charge is 2.45. The van der Waals surface area contributed by atoms with Crippen LogP contribution >= 0.6 is 0 Å². The van der Waals surface area contributed by atoms with Crippen molar-refractivity contribution in [1.29, 1.82) is 0 Å². The molecule has 0 saturated carbocycles. The number of hydrogen-bond donors (Lipinski definition) is 1. The minimum Gasteiger partial charge on any atom is -0.312 e. The first kappa shape index (κ1) is 15.7. The average molecular weight is 336 g/mol. The third kappa shape index (κ3) is 3.13. The predicted molar refractivity (Wildman–Crippen MR) is 81.3 cm³/mol. The lowest BCUT2D eigenvalue weighted by Gasteiger charge is -2.39. The second-order valence-electron chi connectivity index (χ2n) is 6.45. The van der Waals surface area contributed by atoms with Gasteiger partial charge in [0.25, 0.3) is 0 Å². The lowest BCUT2D eigenvalue weighted by molar-refractivity contribution is 0.209. The SMILES string of the molecule is O=S1(=O)CCC(S(=O)(=O)N2CCCCC2C2CCCN2)C1. The molecular weight excluding hydrogens is 312 g/mol. The Labute approximate surface area is 127 Å². The Morgan fingerprint density at radius 2 is 1.86 bits per heavy atom. The van der Waals surface area contributed by atoms with Crippen LogP contribution in [-0.4, -0.2) is 63.1 Å². The molecule has 3 aliphatic rings. The average Bonchev–Trinajstić information content (AvgIpc) is 3.08. The Hall–Kier alpha value is -0.180. The molecule has 3 aliphatic heterocycles. The van der Waals surface area contributed by atoms with Gasteiger partial charge in [0.05, 0.1) is 16.8 Å². The molecule has 0 amide bonds. The number of sulfone groups is 1. The van der Waals surface area contributed by atoms with Crippen molar-refractivity contribution >= 4 is 19.9 Å². The van der Waals surface area contributed by atoms with Crippen LogP contribution in [0, 0.1) is 0 Å². The Kier molecular flexibility index (Phi) is 4.33. The van der Waals surface area contributed by atoms with Gasteiger partial charge in [0.15, 0.2) is 9.84 Å². The summed E-state index contributed by atoms with van der Waals surface area (Å²) < 4.78 is 50.6. The summed E-state index contributed by atoms with van der Waals surface area (Å²) in [6, 6.07) is 0.243. The van der Waals surface area contributed by atoms with E-state index in [1.54, 1.807) is 4.31 Å². The second kappa shape index (κ2) is 5.79. The molecule has 3 heterocycles. The van der Waals surface area contributed by atoms with Crippen molar-refractivity contribution in [3.63, 3.8) is 0 Å². The van der Waals surface area contributed by atoms with Gasteiger partial charge >= 0.3 is 0 Å². The van der Waals surface area contributed by atoms with E-state index >= 15 is 0 Å². The maximum atomic E-state index is 12.9. The molecule has 3 unspecified atom stereocenters. The van der Waals surface area contributed by atoms with Gasteiger partial charge in [-0.05, 0) is 38.6 Å². The summed E-state index contributed by atoms with van der Waals surface area (Å²) in [5, 5.41) is 2.68. The smallest absolute Gasteiger partial charge is 0.218 e. The van der Waals surface area contributed by atoms with Gasteiger partial charge in [-0.3, -0.25) is 0 Å². The Balaban J connectivity index is 1.81. The molecule has 0 radical (unpaired) electrons. The van der Waals surface area contributed by atoms with E-state index in [0.29, 0.717) is 6.54 Å². The van der Waals surface area contributed by atoms with Crippen molar-refractivity contribution in [1.82, 2.24) is 9.62 Å². The van der Waals surface area contributed by atoms with Crippen LogP contribution in [0.25, 0.3) is 0 Å². The first-order chi connectivity index (χ1) is 9.90. The molecule has 0 bridgehead atoms. The summed E-state index contributed by atoms with van der Waals surface area (Å²) in [5.74, 6) is -0.187. The predicted octanol–water partition coefficient (Wildman–Crippen LogP) is 0.110. The summed E-state index contributed by atoms with van der Waals surface area (Å²) in [4.78, 5) is 0. The van der Waals surface area contributed by atoms with Crippen molar-refractivity contribution in [2.24, 2.45) is 0 Å². The normalized spacial score (nSPS) is 37.8. The molecule has 0 aromatic rings. The van der Waals surface area contributed by atoms with E-state index < -0.39 is 25.1 Å². The molecule has 3 fully saturated rings. The van der Waals surface area contributed by atoms with E-state index in [2.05, 4.69) is 5.32 Å². The van der Waals surface area contributed by atoms with Gasteiger partial charge in [-0.25, -0.2) is 16.8 Å². The molecule has 122 valence electrons. The fraction of sp³-hybridized carbons (Fsp3) is 1.00. The fourth-order valence-electron chi connectivity index (χ4n) is 3.88. The number of nitrogens with one attached hydrogen (secondary N) is 1. The van der Waals surface area contributed by atoms with Crippen molar-refractivity contribution < 1.29 is 16.8 Å². The third-order valence-electron chi connectivity index (χ3n) is 5.00. The van der Waals surface area contributed by atoms with Crippen LogP contribution in [0.15, 0.2) is 0 Å². The highest BCUT2D eigenvalue weighted by atomic mass is 32.2. The molecule has 0 aromatic carbocycles. The van der Waals surface area contributed by atoms with Crippen molar-refractivity contribution in [3.05, 3.63) is 0 Å².